The molecule has 0 aliphatic rings. The number of amides is 1. The Labute approximate surface area is 125 Å². The van der Waals surface area contributed by atoms with Gasteiger partial charge in [-0.05, 0) is 36.8 Å². The van der Waals surface area contributed by atoms with Gasteiger partial charge in [-0.2, -0.15) is 0 Å². The molecule has 5 nitrogen and oxygen atoms in total. The number of aliphatic carboxylic acids is 1. The summed E-state index contributed by atoms with van der Waals surface area (Å²) in [7, 11) is 0. The summed E-state index contributed by atoms with van der Waals surface area (Å²) in [6.07, 6.45) is 3.57. The normalized spacial score (nSPS) is 12.1. The molecule has 5 heteroatoms. The van der Waals surface area contributed by atoms with Crippen molar-refractivity contribution in [1.82, 2.24) is 10.3 Å². The second-order valence-corrected chi connectivity index (χ2v) is 5.72. The predicted octanol–water partition coefficient (Wildman–Crippen LogP) is 2.27. The molecule has 0 unspecified atom stereocenters. The van der Waals surface area contributed by atoms with E-state index in [-0.39, 0.29) is 18.2 Å². The molecule has 1 heterocycles. The maximum Gasteiger partial charge on any atom is 0.303 e. The summed E-state index contributed by atoms with van der Waals surface area (Å²) in [4.78, 5) is 26.8. The smallest absolute Gasteiger partial charge is 0.303 e. The van der Waals surface area contributed by atoms with Crippen molar-refractivity contribution in [3.05, 3.63) is 30.1 Å². The minimum absolute atomic E-state index is 0.0127. The summed E-state index contributed by atoms with van der Waals surface area (Å²) in [5, 5.41) is 11.7. The Bertz CT molecular complexity index is 446. The molecule has 0 fully saturated rings. The molecular formula is C16H24N2O3. The van der Waals surface area contributed by atoms with Crippen LogP contribution in [0.15, 0.2) is 24.4 Å². The van der Waals surface area contributed by atoms with E-state index in [0.29, 0.717) is 25.3 Å². The molecule has 1 rings (SSSR count). The van der Waals surface area contributed by atoms with Crippen LogP contribution in [-0.4, -0.2) is 28.5 Å². The average Bonchev–Trinajstić information content (AvgIpc) is 2.42. The molecule has 0 bridgehead atoms. The first-order valence-electron chi connectivity index (χ1n) is 7.35. The van der Waals surface area contributed by atoms with Gasteiger partial charge in [-0.3, -0.25) is 14.6 Å². The molecule has 1 aromatic rings. The van der Waals surface area contributed by atoms with Crippen LogP contribution in [0, 0.1) is 11.8 Å². The van der Waals surface area contributed by atoms with Gasteiger partial charge in [0.2, 0.25) is 5.91 Å². The Kier molecular flexibility index (Phi) is 7.43. The fraction of sp³-hybridized carbons (Fsp3) is 0.562. The maximum atomic E-state index is 11.8. The highest BCUT2D eigenvalue weighted by Gasteiger charge is 2.16. The largest absolute Gasteiger partial charge is 0.481 e. The van der Waals surface area contributed by atoms with Gasteiger partial charge >= 0.3 is 5.97 Å². The van der Waals surface area contributed by atoms with Crippen LogP contribution < -0.4 is 5.32 Å². The summed E-state index contributed by atoms with van der Waals surface area (Å²) in [5.74, 6) is -0.468. The van der Waals surface area contributed by atoms with Crippen LogP contribution in [0.1, 0.15) is 38.8 Å². The first kappa shape index (κ1) is 17.1. The molecule has 1 atom stereocenters. The predicted molar refractivity (Wildman–Crippen MR) is 80.8 cm³/mol. The lowest BCUT2D eigenvalue weighted by Crippen LogP contribution is -2.31. The molecule has 21 heavy (non-hydrogen) atoms. The van der Waals surface area contributed by atoms with Crippen molar-refractivity contribution in [2.75, 3.05) is 6.54 Å². The number of carbonyl (C=O) groups is 2. The third-order valence-electron chi connectivity index (χ3n) is 3.19. The molecule has 0 radical (unpaired) electrons. The number of nitrogens with zero attached hydrogens (tertiary/aromatic N) is 1. The molecular weight excluding hydrogens is 268 g/mol. The molecule has 0 aliphatic heterocycles. The number of hydrogen-bond acceptors (Lipinski definition) is 3. The molecule has 0 aliphatic carbocycles. The first-order valence-corrected chi connectivity index (χ1v) is 7.35. The van der Waals surface area contributed by atoms with E-state index in [4.69, 9.17) is 5.11 Å². The van der Waals surface area contributed by atoms with Gasteiger partial charge in [0.05, 0.1) is 0 Å². The zero-order valence-electron chi connectivity index (χ0n) is 12.7. The zero-order valence-corrected chi connectivity index (χ0v) is 12.7. The van der Waals surface area contributed by atoms with Crippen LogP contribution in [0.5, 0.6) is 0 Å². The Morgan fingerprint density at radius 2 is 2.10 bits per heavy atom. The van der Waals surface area contributed by atoms with Crippen LogP contribution in [0.25, 0.3) is 0 Å². The van der Waals surface area contributed by atoms with Crippen molar-refractivity contribution in [2.24, 2.45) is 11.8 Å². The van der Waals surface area contributed by atoms with E-state index in [0.717, 1.165) is 12.1 Å². The zero-order chi connectivity index (χ0) is 15.7. The van der Waals surface area contributed by atoms with Gasteiger partial charge in [-0.1, -0.05) is 19.9 Å². The Balaban J connectivity index is 2.33. The molecule has 1 aromatic heterocycles. The highest BCUT2D eigenvalue weighted by atomic mass is 16.4. The first-order chi connectivity index (χ1) is 9.97. The molecule has 0 aromatic carbocycles. The second kappa shape index (κ2) is 9.10. The molecule has 116 valence electrons. The van der Waals surface area contributed by atoms with E-state index in [1.54, 1.807) is 6.20 Å². The number of carboxylic acids is 1. The van der Waals surface area contributed by atoms with Gasteiger partial charge in [0.25, 0.3) is 0 Å². The third kappa shape index (κ3) is 8.07. The molecule has 0 saturated heterocycles. The van der Waals surface area contributed by atoms with E-state index in [2.05, 4.69) is 24.1 Å². The lowest BCUT2D eigenvalue weighted by atomic mass is 9.94. The number of pyridine rings is 1. The van der Waals surface area contributed by atoms with Crippen molar-refractivity contribution in [3.8, 4) is 0 Å². The number of carboxylic acid groups (broad SMARTS) is 1. The lowest BCUT2D eigenvalue weighted by molar-refractivity contribution is -0.138. The Morgan fingerprint density at radius 1 is 1.33 bits per heavy atom. The van der Waals surface area contributed by atoms with E-state index < -0.39 is 5.97 Å². The quantitative estimate of drug-likeness (QED) is 0.731. The number of rotatable bonds is 9. The standard InChI is InChI=1S/C16H24N2O3/c1-12(2)9-13(10-16(20)21)11-18-15(19)7-6-14-5-3-4-8-17-14/h3-5,8,12-13H,6-7,9-11H2,1-2H3,(H,18,19)(H,20,21)/t13-/m0/s1. The van der Waals surface area contributed by atoms with Crippen molar-refractivity contribution >= 4 is 11.9 Å². The lowest BCUT2D eigenvalue weighted by Gasteiger charge is -2.17. The SMILES string of the molecule is CC(C)C[C@H](CNC(=O)CCc1ccccn1)CC(=O)O. The summed E-state index contributed by atoms with van der Waals surface area (Å²) in [6.45, 7) is 4.53. The van der Waals surface area contributed by atoms with Crippen LogP contribution in [-0.2, 0) is 16.0 Å². The van der Waals surface area contributed by atoms with Gasteiger partial charge in [0.15, 0.2) is 0 Å². The van der Waals surface area contributed by atoms with Crippen LogP contribution in [0.3, 0.4) is 0 Å². The Morgan fingerprint density at radius 3 is 2.67 bits per heavy atom. The summed E-state index contributed by atoms with van der Waals surface area (Å²) in [5.41, 5.74) is 0.886. The average molecular weight is 292 g/mol. The van der Waals surface area contributed by atoms with Crippen molar-refractivity contribution in [3.63, 3.8) is 0 Å². The molecule has 2 N–H and O–H groups in total. The van der Waals surface area contributed by atoms with Gasteiger partial charge in [-0.15, -0.1) is 0 Å². The number of carbonyl (C=O) groups excluding carboxylic acids is 1. The third-order valence-corrected chi connectivity index (χ3v) is 3.19. The van der Waals surface area contributed by atoms with Crippen molar-refractivity contribution < 1.29 is 14.7 Å². The topological polar surface area (TPSA) is 79.3 Å². The number of nitrogens with one attached hydrogen (secondary N) is 1. The van der Waals surface area contributed by atoms with E-state index in [9.17, 15) is 9.59 Å². The monoisotopic (exact) mass is 292 g/mol. The minimum Gasteiger partial charge on any atom is -0.481 e. The number of aromatic nitrogens is 1. The van der Waals surface area contributed by atoms with Gasteiger partial charge in [0, 0.05) is 31.3 Å². The van der Waals surface area contributed by atoms with Gasteiger partial charge in [0.1, 0.15) is 0 Å². The summed E-state index contributed by atoms with van der Waals surface area (Å²) >= 11 is 0. The maximum absolute atomic E-state index is 11.8. The highest BCUT2D eigenvalue weighted by molar-refractivity contribution is 5.76. The van der Waals surface area contributed by atoms with E-state index in [1.807, 2.05) is 18.2 Å². The van der Waals surface area contributed by atoms with E-state index >= 15 is 0 Å². The number of hydrogen-bond donors (Lipinski definition) is 2. The summed E-state index contributed by atoms with van der Waals surface area (Å²) in [6, 6.07) is 5.62. The van der Waals surface area contributed by atoms with E-state index in [1.165, 1.54) is 0 Å². The number of aryl methyl sites for hydroxylation is 1. The van der Waals surface area contributed by atoms with Gasteiger partial charge in [-0.25, -0.2) is 0 Å². The van der Waals surface area contributed by atoms with Crippen molar-refractivity contribution in [2.45, 2.75) is 39.5 Å². The van der Waals surface area contributed by atoms with Crippen LogP contribution in [0.2, 0.25) is 0 Å². The van der Waals surface area contributed by atoms with Crippen LogP contribution >= 0.6 is 0 Å². The van der Waals surface area contributed by atoms with Crippen LogP contribution in [0.4, 0.5) is 0 Å². The molecule has 0 spiro atoms. The Hall–Kier alpha value is -1.91. The fourth-order valence-corrected chi connectivity index (χ4v) is 2.29. The van der Waals surface area contributed by atoms with Crippen molar-refractivity contribution in [1.29, 1.82) is 0 Å². The second-order valence-electron chi connectivity index (χ2n) is 5.72. The minimum atomic E-state index is -0.816. The fourth-order valence-electron chi connectivity index (χ4n) is 2.29. The molecule has 0 saturated carbocycles. The highest BCUT2D eigenvalue weighted by Crippen LogP contribution is 2.14. The molecule has 1 amide bonds. The van der Waals surface area contributed by atoms with Gasteiger partial charge < -0.3 is 10.4 Å². The summed E-state index contributed by atoms with van der Waals surface area (Å²) < 4.78 is 0.